The lowest BCUT2D eigenvalue weighted by Gasteiger charge is -1.88. The van der Waals surface area contributed by atoms with E-state index in [0.29, 0.717) is 0 Å². The third-order valence-corrected chi connectivity index (χ3v) is 1.79. The number of hydrogen-bond acceptors (Lipinski definition) is 1. The van der Waals surface area contributed by atoms with Gasteiger partial charge in [0.1, 0.15) is 0 Å². The quantitative estimate of drug-likeness (QED) is 0.630. The van der Waals surface area contributed by atoms with Gasteiger partial charge in [-0.3, -0.25) is 0 Å². The Kier molecular flexibility index (Phi) is 2.83. The second kappa shape index (κ2) is 3.67. The standard InChI is InChI=1S/C9H13NS/c1-7-6-8(2)10-9(7)4-3-5-11/h3-4,6,10-11H,5H2,1-2H3. The third-order valence-electron chi connectivity index (χ3n) is 1.58. The van der Waals surface area contributed by atoms with Crippen LogP contribution in [0.15, 0.2) is 12.1 Å². The van der Waals surface area contributed by atoms with Crippen LogP contribution in [0.4, 0.5) is 0 Å². The number of nitrogens with one attached hydrogen (secondary N) is 1. The monoisotopic (exact) mass is 167 g/mol. The average molecular weight is 167 g/mol. The molecule has 0 aliphatic rings. The summed E-state index contributed by atoms with van der Waals surface area (Å²) in [7, 11) is 0. The molecule has 0 unspecified atom stereocenters. The number of H-pyrrole nitrogens is 1. The van der Waals surface area contributed by atoms with Crippen molar-refractivity contribution >= 4 is 18.7 Å². The molecule has 1 nitrogen and oxygen atoms in total. The van der Waals surface area contributed by atoms with Gasteiger partial charge in [0.15, 0.2) is 0 Å². The Morgan fingerprint density at radius 2 is 2.27 bits per heavy atom. The highest BCUT2D eigenvalue weighted by Gasteiger charge is 1.95. The van der Waals surface area contributed by atoms with Gasteiger partial charge in [0.05, 0.1) is 0 Å². The molecular formula is C9H13NS. The van der Waals surface area contributed by atoms with Crippen molar-refractivity contribution in [1.82, 2.24) is 4.98 Å². The van der Waals surface area contributed by atoms with Crippen LogP contribution in [-0.4, -0.2) is 10.7 Å². The van der Waals surface area contributed by atoms with Crippen molar-refractivity contribution in [3.05, 3.63) is 29.1 Å². The SMILES string of the molecule is Cc1cc(C)c(C=CCS)[nH]1. The van der Waals surface area contributed by atoms with Crippen molar-refractivity contribution in [2.75, 3.05) is 5.75 Å². The molecule has 0 aliphatic heterocycles. The third kappa shape index (κ3) is 2.15. The topological polar surface area (TPSA) is 15.8 Å². The first-order chi connectivity index (χ1) is 5.24. The van der Waals surface area contributed by atoms with Crippen LogP contribution >= 0.6 is 12.6 Å². The van der Waals surface area contributed by atoms with Crippen LogP contribution < -0.4 is 0 Å². The number of rotatable bonds is 2. The zero-order valence-electron chi connectivity index (χ0n) is 6.89. The molecule has 0 atom stereocenters. The molecule has 0 saturated carbocycles. The molecule has 1 heterocycles. The Morgan fingerprint density at radius 1 is 1.55 bits per heavy atom. The fourth-order valence-corrected chi connectivity index (χ4v) is 1.20. The van der Waals surface area contributed by atoms with Crippen LogP contribution in [0.5, 0.6) is 0 Å². The Morgan fingerprint density at radius 3 is 2.73 bits per heavy atom. The summed E-state index contributed by atoms with van der Waals surface area (Å²) in [6.45, 7) is 4.16. The van der Waals surface area contributed by atoms with Crippen molar-refractivity contribution < 1.29 is 0 Å². The van der Waals surface area contributed by atoms with Crippen LogP contribution in [0.25, 0.3) is 6.08 Å². The van der Waals surface area contributed by atoms with Crippen molar-refractivity contribution in [1.29, 1.82) is 0 Å². The predicted molar refractivity (Wildman–Crippen MR) is 53.2 cm³/mol. The summed E-state index contributed by atoms with van der Waals surface area (Å²) in [5, 5.41) is 0. The van der Waals surface area contributed by atoms with Gasteiger partial charge in [-0.05, 0) is 31.6 Å². The molecule has 1 N–H and O–H groups in total. The average Bonchev–Trinajstić information content (AvgIpc) is 2.26. The summed E-state index contributed by atoms with van der Waals surface area (Å²) < 4.78 is 0. The molecule has 1 rings (SSSR count). The van der Waals surface area contributed by atoms with Crippen molar-refractivity contribution in [2.24, 2.45) is 0 Å². The normalized spacial score (nSPS) is 11.2. The van der Waals surface area contributed by atoms with Crippen LogP contribution in [0.1, 0.15) is 17.0 Å². The van der Waals surface area contributed by atoms with E-state index in [0.717, 1.165) is 5.75 Å². The number of thiol groups is 1. The molecule has 1 aromatic rings. The van der Waals surface area contributed by atoms with Crippen LogP contribution in [-0.2, 0) is 0 Å². The molecule has 0 radical (unpaired) electrons. The highest BCUT2D eigenvalue weighted by atomic mass is 32.1. The highest BCUT2D eigenvalue weighted by Crippen LogP contribution is 2.10. The summed E-state index contributed by atoms with van der Waals surface area (Å²) in [6.07, 6.45) is 4.09. The minimum atomic E-state index is 0.789. The molecule has 11 heavy (non-hydrogen) atoms. The minimum absolute atomic E-state index is 0.789. The van der Waals surface area contributed by atoms with Gasteiger partial charge in [0, 0.05) is 17.1 Å². The predicted octanol–water partition coefficient (Wildman–Crippen LogP) is 2.57. The van der Waals surface area contributed by atoms with Gasteiger partial charge in [-0.1, -0.05) is 6.08 Å². The molecule has 60 valence electrons. The maximum absolute atomic E-state index is 4.09. The molecule has 1 aromatic heterocycles. The molecule has 0 saturated heterocycles. The number of aromatic nitrogens is 1. The summed E-state index contributed by atoms with van der Waals surface area (Å²) in [4.78, 5) is 3.26. The smallest absolute Gasteiger partial charge is 0.0409 e. The summed E-state index contributed by atoms with van der Waals surface area (Å²) in [5.41, 5.74) is 3.69. The summed E-state index contributed by atoms with van der Waals surface area (Å²) in [5.74, 6) is 0.789. The van der Waals surface area contributed by atoms with Crippen molar-refractivity contribution in [3.8, 4) is 0 Å². The fourth-order valence-electron chi connectivity index (χ4n) is 1.09. The number of aromatic amines is 1. The summed E-state index contributed by atoms with van der Waals surface area (Å²) >= 11 is 4.09. The van der Waals surface area contributed by atoms with Crippen molar-refractivity contribution in [2.45, 2.75) is 13.8 Å². The van der Waals surface area contributed by atoms with Gasteiger partial charge < -0.3 is 4.98 Å². The Bertz CT molecular complexity index is 261. The maximum atomic E-state index is 4.09. The van der Waals surface area contributed by atoms with E-state index in [1.54, 1.807) is 0 Å². The second-order valence-electron chi connectivity index (χ2n) is 2.63. The first kappa shape index (κ1) is 8.47. The lowest BCUT2D eigenvalue weighted by atomic mass is 10.2. The van der Waals surface area contributed by atoms with Gasteiger partial charge in [-0.2, -0.15) is 12.6 Å². The second-order valence-corrected chi connectivity index (χ2v) is 3.00. The molecule has 0 aliphatic carbocycles. The Hall–Kier alpha value is -0.630. The lowest BCUT2D eigenvalue weighted by molar-refractivity contribution is 1.24. The molecular weight excluding hydrogens is 154 g/mol. The van der Waals surface area contributed by atoms with Crippen LogP contribution in [0, 0.1) is 13.8 Å². The van der Waals surface area contributed by atoms with E-state index in [1.807, 2.05) is 6.08 Å². The van der Waals surface area contributed by atoms with Gasteiger partial charge in [0.2, 0.25) is 0 Å². The zero-order valence-corrected chi connectivity index (χ0v) is 7.78. The van der Waals surface area contributed by atoms with Crippen LogP contribution in [0.2, 0.25) is 0 Å². The van der Waals surface area contributed by atoms with E-state index in [2.05, 4.69) is 43.6 Å². The van der Waals surface area contributed by atoms with Gasteiger partial charge >= 0.3 is 0 Å². The highest BCUT2D eigenvalue weighted by molar-refractivity contribution is 7.80. The van der Waals surface area contributed by atoms with Gasteiger partial charge in [0.25, 0.3) is 0 Å². The van der Waals surface area contributed by atoms with E-state index in [9.17, 15) is 0 Å². The Balaban J connectivity index is 2.85. The Labute approximate surface area is 72.9 Å². The molecule has 0 bridgehead atoms. The molecule has 2 heteroatoms. The van der Waals surface area contributed by atoms with E-state index in [-0.39, 0.29) is 0 Å². The van der Waals surface area contributed by atoms with Gasteiger partial charge in [-0.25, -0.2) is 0 Å². The fraction of sp³-hybridized carbons (Fsp3) is 0.333. The van der Waals surface area contributed by atoms with E-state index in [4.69, 9.17) is 0 Å². The van der Waals surface area contributed by atoms with Gasteiger partial charge in [-0.15, -0.1) is 0 Å². The lowest BCUT2D eigenvalue weighted by Crippen LogP contribution is -1.75. The zero-order chi connectivity index (χ0) is 8.27. The molecule has 0 amide bonds. The largest absolute Gasteiger partial charge is 0.359 e. The van der Waals surface area contributed by atoms with E-state index >= 15 is 0 Å². The maximum Gasteiger partial charge on any atom is 0.0409 e. The number of hydrogen-bond donors (Lipinski definition) is 2. The molecule has 0 spiro atoms. The van der Waals surface area contributed by atoms with E-state index in [1.165, 1.54) is 17.0 Å². The van der Waals surface area contributed by atoms with Crippen LogP contribution in [0.3, 0.4) is 0 Å². The molecule has 0 fully saturated rings. The van der Waals surface area contributed by atoms with E-state index < -0.39 is 0 Å². The molecule has 0 aromatic carbocycles. The summed E-state index contributed by atoms with van der Waals surface area (Å²) in [6, 6.07) is 2.14. The first-order valence-electron chi connectivity index (χ1n) is 3.67. The first-order valence-corrected chi connectivity index (χ1v) is 4.31. The minimum Gasteiger partial charge on any atom is -0.359 e. The number of aryl methyl sites for hydroxylation is 2. The van der Waals surface area contributed by atoms with Crippen molar-refractivity contribution in [3.63, 3.8) is 0 Å².